The number of anilines is 2. The van der Waals surface area contributed by atoms with Gasteiger partial charge in [0.25, 0.3) is 0 Å². The van der Waals surface area contributed by atoms with Crippen LogP contribution >= 0.6 is 0 Å². The van der Waals surface area contributed by atoms with E-state index in [9.17, 15) is 4.79 Å². The smallest absolute Gasteiger partial charge is 0.413 e. The first-order valence-corrected chi connectivity index (χ1v) is 11.6. The zero-order valence-corrected chi connectivity index (χ0v) is 18.9. The molecule has 12 heteroatoms. The second-order valence-electron chi connectivity index (χ2n) is 8.82. The van der Waals surface area contributed by atoms with Crippen LogP contribution in [0.1, 0.15) is 31.7 Å². The van der Waals surface area contributed by atoms with Crippen LogP contribution in [0.15, 0.2) is 18.6 Å². The number of nitrogens with one attached hydrogen (secondary N) is 1. The average molecular weight is 467 g/mol. The lowest BCUT2D eigenvalue weighted by Crippen LogP contribution is -2.43. The molecule has 3 aliphatic rings. The van der Waals surface area contributed by atoms with Gasteiger partial charge >= 0.3 is 6.09 Å². The number of carbonyl (C=O) groups is 1. The SMILES string of the molecule is COC(=O)Nc1ncc(-c2nc(N3CC4CCC(C3)O4)nc3c2cnn3C2CCOCC2)cn1. The Morgan fingerprint density at radius 3 is 2.50 bits per heavy atom. The number of amides is 1. The van der Waals surface area contributed by atoms with Gasteiger partial charge in [-0.25, -0.2) is 24.4 Å². The summed E-state index contributed by atoms with van der Waals surface area (Å²) in [7, 11) is 1.29. The van der Waals surface area contributed by atoms with Crippen LogP contribution in [0.2, 0.25) is 0 Å². The van der Waals surface area contributed by atoms with Crippen molar-refractivity contribution in [3.8, 4) is 11.3 Å². The first kappa shape index (κ1) is 21.2. The van der Waals surface area contributed by atoms with E-state index in [1.807, 2.05) is 10.9 Å². The molecule has 0 spiro atoms. The first-order chi connectivity index (χ1) is 16.7. The molecule has 3 aliphatic heterocycles. The van der Waals surface area contributed by atoms with Gasteiger partial charge in [-0.1, -0.05) is 0 Å². The van der Waals surface area contributed by atoms with E-state index in [1.165, 1.54) is 7.11 Å². The van der Waals surface area contributed by atoms with Crippen molar-refractivity contribution < 1.29 is 19.0 Å². The molecule has 178 valence electrons. The molecule has 0 aliphatic carbocycles. The van der Waals surface area contributed by atoms with E-state index in [0.29, 0.717) is 30.4 Å². The van der Waals surface area contributed by atoms with Crippen LogP contribution in [-0.4, -0.2) is 81.4 Å². The van der Waals surface area contributed by atoms with Gasteiger partial charge < -0.3 is 19.1 Å². The number of hydrogen-bond acceptors (Lipinski definition) is 10. The van der Waals surface area contributed by atoms with Gasteiger partial charge in [0.1, 0.15) is 0 Å². The Morgan fingerprint density at radius 1 is 1.06 bits per heavy atom. The predicted molar refractivity (Wildman–Crippen MR) is 122 cm³/mol. The molecular weight excluding hydrogens is 440 g/mol. The quantitative estimate of drug-likeness (QED) is 0.611. The maximum absolute atomic E-state index is 11.5. The summed E-state index contributed by atoms with van der Waals surface area (Å²) >= 11 is 0. The fraction of sp³-hybridized carbons (Fsp3) is 0.545. The molecule has 2 unspecified atom stereocenters. The minimum atomic E-state index is -0.626. The van der Waals surface area contributed by atoms with Crippen molar-refractivity contribution in [3.63, 3.8) is 0 Å². The number of hydrogen-bond donors (Lipinski definition) is 1. The molecule has 12 nitrogen and oxygen atoms in total. The summed E-state index contributed by atoms with van der Waals surface area (Å²) in [6.07, 6.45) is 8.82. The molecule has 0 saturated carbocycles. The topological polar surface area (TPSA) is 129 Å². The van der Waals surface area contributed by atoms with Crippen molar-refractivity contribution in [2.45, 2.75) is 43.9 Å². The molecule has 0 radical (unpaired) electrons. The van der Waals surface area contributed by atoms with Crippen molar-refractivity contribution in [2.75, 3.05) is 43.6 Å². The van der Waals surface area contributed by atoms with Crippen LogP contribution in [0.25, 0.3) is 22.3 Å². The number of ether oxygens (including phenoxy) is 3. The van der Waals surface area contributed by atoms with Gasteiger partial charge in [-0.15, -0.1) is 0 Å². The number of morpholine rings is 1. The summed E-state index contributed by atoms with van der Waals surface area (Å²) in [6, 6.07) is 0.227. The Morgan fingerprint density at radius 2 is 1.79 bits per heavy atom. The third-order valence-electron chi connectivity index (χ3n) is 6.63. The van der Waals surface area contributed by atoms with Crippen molar-refractivity contribution >= 4 is 29.0 Å². The van der Waals surface area contributed by atoms with Crippen molar-refractivity contribution in [1.29, 1.82) is 0 Å². The highest BCUT2D eigenvalue weighted by Gasteiger charge is 2.35. The molecule has 1 amide bonds. The van der Waals surface area contributed by atoms with Crippen molar-refractivity contribution in [1.82, 2.24) is 29.7 Å². The van der Waals surface area contributed by atoms with E-state index in [0.717, 1.165) is 49.8 Å². The Labute approximate surface area is 195 Å². The minimum absolute atomic E-state index is 0.156. The highest BCUT2D eigenvalue weighted by molar-refractivity contribution is 5.91. The van der Waals surface area contributed by atoms with Gasteiger partial charge in [0.15, 0.2) is 5.65 Å². The van der Waals surface area contributed by atoms with Gasteiger partial charge in [0.2, 0.25) is 11.9 Å². The first-order valence-electron chi connectivity index (χ1n) is 11.6. The van der Waals surface area contributed by atoms with Gasteiger partial charge in [-0.2, -0.15) is 10.1 Å². The van der Waals surface area contributed by atoms with E-state index in [1.54, 1.807) is 12.4 Å². The van der Waals surface area contributed by atoms with Gasteiger partial charge in [0.05, 0.1) is 42.6 Å². The highest BCUT2D eigenvalue weighted by Crippen LogP contribution is 2.33. The third kappa shape index (κ3) is 3.92. The molecule has 2 bridgehead atoms. The minimum Gasteiger partial charge on any atom is -0.453 e. The molecule has 3 saturated heterocycles. The number of aromatic nitrogens is 6. The number of methoxy groups -OCH3 is 1. The standard InChI is InChI=1S/C22H26N8O4/c1-32-22(31)28-20-23-8-13(9-24-20)18-17-10-25-30(14-4-6-33-7-5-14)19(17)27-21(26-18)29-11-15-2-3-16(12-29)34-15/h8-10,14-16H,2-7,11-12H2,1H3,(H,23,24,28,31). The van der Waals surface area contributed by atoms with Crippen molar-refractivity contribution in [3.05, 3.63) is 18.6 Å². The van der Waals surface area contributed by atoms with Crippen LogP contribution in [-0.2, 0) is 14.2 Å². The van der Waals surface area contributed by atoms with Crippen LogP contribution in [0.3, 0.4) is 0 Å². The summed E-state index contributed by atoms with van der Waals surface area (Å²) in [5, 5.41) is 8.01. The zero-order chi connectivity index (χ0) is 23.1. The summed E-state index contributed by atoms with van der Waals surface area (Å²) in [6.45, 7) is 2.97. The fourth-order valence-electron chi connectivity index (χ4n) is 4.91. The zero-order valence-electron chi connectivity index (χ0n) is 18.9. The number of rotatable bonds is 4. The fourth-order valence-corrected chi connectivity index (χ4v) is 4.91. The van der Waals surface area contributed by atoms with Crippen LogP contribution < -0.4 is 10.2 Å². The molecule has 2 atom stereocenters. The summed E-state index contributed by atoms with van der Waals surface area (Å²) in [5.74, 6) is 0.817. The Bertz CT molecular complexity index is 1180. The Hall–Kier alpha value is -3.38. The maximum atomic E-state index is 11.5. The largest absolute Gasteiger partial charge is 0.453 e. The lowest BCUT2D eigenvalue weighted by molar-refractivity contribution is 0.0299. The number of nitrogens with zero attached hydrogens (tertiary/aromatic N) is 7. The van der Waals surface area contributed by atoms with Crippen LogP contribution in [0.5, 0.6) is 0 Å². The van der Waals surface area contributed by atoms with Gasteiger partial charge in [-0.3, -0.25) is 5.32 Å². The summed E-state index contributed by atoms with van der Waals surface area (Å²) < 4.78 is 18.2. The monoisotopic (exact) mass is 466 g/mol. The normalized spacial score (nSPS) is 22.8. The predicted octanol–water partition coefficient (Wildman–Crippen LogP) is 2.18. The molecule has 3 aromatic heterocycles. The van der Waals surface area contributed by atoms with E-state index >= 15 is 0 Å². The summed E-state index contributed by atoms with van der Waals surface area (Å²) in [5.41, 5.74) is 2.22. The Kier molecular flexibility index (Phi) is 5.46. The molecule has 1 N–H and O–H groups in total. The third-order valence-corrected chi connectivity index (χ3v) is 6.63. The molecule has 0 aromatic carbocycles. The van der Waals surface area contributed by atoms with E-state index in [-0.39, 0.29) is 24.2 Å². The van der Waals surface area contributed by atoms with Gasteiger partial charge in [-0.05, 0) is 25.7 Å². The second kappa shape index (κ2) is 8.76. The van der Waals surface area contributed by atoms with E-state index < -0.39 is 6.09 Å². The second-order valence-corrected chi connectivity index (χ2v) is 8.82. The molecule has 3 aromatic rings. The summed E-state index contributed by atoms with van der Waals surface area (Å²) in [4.78, 5) is 32.1. The lowest BCUT2D eigenvalue weighted by atomic mass is 10.1. The molecule has 3 fully saturated rings. The Balaban J connectivity index is 1.42. The average Bonchev–Trinajstić information content (AvgIpc) is 3.46. The maximum Gasteiger partial charge on any atom is 0.413 e. The van der Waals surface area contributed by atoms with E-state index in [2.05, 4.69) is 24.9 Å². The van der Waals surface area contributed by atoms with E-state index in [4.69, 9.17) is 24.5 Å². The molecule has 6 rings (SSSR count). The molecule has 6 heterocycles. The highest BCUT2D eigenvalue weighted by atomic mass is 16.5. The van der Waals surface area contributed by atoms with Crippen molar-refractivity contribution in [2.24, 2.45) is 0 Å². The molecular formula is C22H26N8O4. The van der Waals surface area contributed by atoms with Gasteiger partial charge in [0, 0.05) is 44.3 Å². The molecule has 34 heavy (non-hydrogen) atoms. The van der Waals surface area contributed by atoms with Crippen LogP contribution in [0.4, 0.5) is 16.7 Å². The lowest BCUT2D eigenvalue weighted by Gasteiger charge is -2.32. The number of carbonyl (C=O) groups excluding carboxylic acids is 1. The van der Waals surface area contributed by atoms with Crippen LogP contribution in [0, 0.1) is 0 Å². The number of fused-ring (bicyclic) bond motifs is 3.